The van der Waals surface area contributed by atoms with E-state index in [9.17, 15) is 4.39 Å². The first-order valence-corrected chi connectivity index (χ1v) is 4.94. The van der Waals surface area contributed by atoms with Crippen LogP contribution in [0.15, 0.2) is 24.3 Å². The molecule has 2 rings (SSSR count). The van der Waals surface area contributed by atoms with E-state index in [1.165, 1.54) is 6.07 Å². The predicted molar refractivity (Wildman–Crippen MR) is 59.9 cm³/mol. The van der Waals surface area contributed by atoms with Gasteiger partial charge in [0.05, 0.1) is 0 Å². The minimum Gasteiger partial charge on any atom is -0.486 e. The number of halogens is 2. The van der Waals surface area contributed by atoms with E-state index in [2.05, 4.69) is 0 Å². The number of hydrogen-bond donors (Lipinski definition) is 1. The summed E-state index contributed by atoms with van der Waals surface area (Å²) in [5.41, 5.74) is 5.83. The lowest BCUT2D eigenvalue weighted by Crippen LogP contribution is -2.33. The normalized spacial score (nSPS) is 24.7. The van der Waals surface area contributed by atoms with Crippen LogP contribution in [0.5, 0.6) is 5.75 Å². The molecule has 4 heteroatoms. The van der Waals surface area contributed by atoms with Crippen LogP contribution < -0.4 is 10.5 Å². The highest BCUT2D eigenvalue weighted by Gasteiger charge is 2.26. The molecule has 1 saturated carbocycles. The molecule has 0 amide bonds. The number of nitrogens with two attached hydrogens (primary N) is 1. The Morgan fingerprint density at radius 3 is 2.60 bits per heavy atom. The molecule has 0 radical (unpaired) electrons. The topological polar surface area (TPSA) is 35.2 Å². The molecular formula is C11H15ClFNO. The van der Waals surface area contributed by atoms with Crippen molar-refractivity contribution >= 4 is 12.4 Å². The highest BCUT2D eigenvalue weighted by atomic mass is 35.5. The van der Waals surface area contributed by atoms with Crippen LogP contribution in [0.4, 0.5) is 4.39 Å². The molecule has 0 spiro atoms. The lowest BCUT2D eigenvalue weighted by atomic mass is 10.2. The van der Waals surface area contributed by atoms with Gasteiger partial charge in [-0.05, 0) is 31.4 Å². The number of ether oxygens (including phenoxy) is 1. The van der Waals surface area contributed by atoms with Crippen LogP contribution in [-0.2, 0) is 0 Å². The first-order chi connectivity index (χ1) is 6.77. The molecule has 0 aromatic heterocycles. The summed E-state index contributed by atoms with van der Waals surface area (Å²) in [7, 11) is 0. The second kappa shape index (κ2) is 5.33. The van der Waals surface area contributed by atoms with E-state index in [0.717, 1.165) is 19.3 Å². The van der Waals surface area contributed by atoms with Crippen LogP contribution in [0.25, 0.3) is 0 Å². The van der Waals surface area contributed by atoms with Crippen molar-refractivity contribution in [1.82, 2.24) is 0 Å². The molecule has 2 N–H and O–H groups in total. The maximum absolute atomic E-state index is 13.2. The standard InChI is InChI=1S/C11H14FNO.ClH/c12-8-4-1-2-6-10(8)14-11-7-3-5-9(11)13;/h1-2,4,6,9,11H,3,5,7,13H2;1H/t9-,11+;/m1./s1. The largest absolute Gasteiger partial charge is 0.486 e. The lowest BCUT2D eigenvalue weighted by Gasteiger charge is -2.17. The molecule has 0 unspecified atom stereocenters. The lowest BCUT2D eigenvalue weighted by molar-refractivity contribution is 0.183. The molecule has 0 heterocycles. The van der Waals surface area contributed by atoms with Gasteiger partial charge in [0.1, 0.15) is 6.10 Å². The van der Waals surface area contributed by atoms with Crippen molar-refractivity contribution in [3.05, 3.63) is 30.1 Å². The molecule has 0 saturated heterocycles. The third-order valence-electron chi connectivity index (χ3n) is 2.62. The summed E-state index contributed by atoms with van der Waals surface area (Å²) in [5.74, 6) is 0.00134. The van der Waals surface area contributed by atoms with E-state index in [0.29, 0.717) is 5.75 Å². The molecule has 0 aliphatic heterocycles. The number of hydrogen-bond acceptors (Lipinski definition) is 2. The van der Waals surface area contributed by atoms with Crippen molar-refractivity contribution in [3.63, 3.8) is 0 Å². The van der Waals surface area contributed by atoms with E-state index < -0.39 is 0 Å². The number of rotatable bonds is 2. The summed E-state index contributed by atoms with van der Waals surface area (Å²) < 4.78 is 18.7. The molecule has 0 bridgehead atoms. The highest BCUT2D eigenvalue weighted by Crippen LogP contribution is 2.25. The van der Waals surface area contributed by atoms with Gasteiger partial charge in [-0.1, -0.05) is 12.1 Å². The highest BCUT2D eigenvalue weighted by molar-refractivity contribution is 5.85. The molecule has 1 aromatic rings. The van der Waals surface area contributed by atoms with Gasteiger partial charge >= 0.3 is 0 Å². The Kier molecular flexibility index (Phi) is 4.36. The van der Waals surface area contributed by atoms with Gasteiger partial charge in [-0.15, -0.1) is 12.4 Å². The Morgan fingerprint density at radius 2 is 2.00 bits per heavy atom. The first kappa shape index (κ1) is 12.3. The van der Waals surface area contributed by atoms with Crippen LogP contribution in [0.3, 0.4) is 0 Å². The van der Waals surface area contributed by atoms with Crippen LogP contribution >= 0.6 is 12.4 Å². The third-order valence-corrected chi connectivity index (χ3v) is 2.62. The average molecular weight is 232 g/mol. The Labute approximate surface area is 95.0 Å². The number of para-hydroxylation sites is 1. The van der Waals surface area contributed by atoms with Gasteiger partial charge in [-0.2, -0.15) is 0 Å². The molecule has 84 valence electrons. The fourth-order valence-corrected chi connectivity index (χ4v) is 1.80. The Morgan fingerprint density at radius 1 is 1.27 bits per heavy atom. The molecule has 15 heavy (non-hydrogen) atoms. The monoisotopic (exact) mass is 231 g/mol. The van der Waals surface area contributed by atoms with Gasteiger partial charge in [-0.25, -0.2) is 4.39 Å². The zero-order valence-corrected chi connectivity index (χ0v) is 9.17. The van der Waals surface area contributed by atoms with E-state index in [1.807, 2.05) is 0 Å². The van der Waals surface area contributed by atoms with Crippen molar-refractivity contribution in [2.45, 2.75) is 31.4 Å². The van der Waals surface area contributed by atoms with E-state index in [1.54, 1.807) is 18.2 Å². The summed E-state index contributed by atoms with van der Waals surface area (Å²) >= 11 is 0. The first-order valence-electron chi connectivity index (χ1n) is 4.94. The molecule has 1 aliphatic carbocycles. The zero-order valence-electron chi connectivity index (χ0n) is 8.36. The minimum absolute atomic E-state index is 0. The van der Waals surface area contributed by atoms with E-state index >= 15 is 0 Å². The van der Waals surface area contributed by atoms with Gasteiger partial charge in [0.25, 0.3) is 0 Å². The van der Waals surface area contributed by atoms with Gasteiger partial charge in [0, 0.05) is 6.04 Å². The predicted octanol–water partition coefficient (Wildman–Crippen LogP) is 2.51. The van der Waals surface area contributed by atoms with Gasteiger partial charge in [0.2, 0.25) is 0 Å². The minimum atomic E-state index is -0.313. The molecule has 1 aromatic carbocycles. The molecule has 1 aliphatic rings. The van der Waals surface area contributed by atoms with Crippen molar-refractivity contribution in [1.29, 1.82) is 0 Å². The SMILES string of the molecule is Cl.N[C@@H]1CCC[C@@H]1Oc1ccccc1F. The maximum Gasteiger partial charge on any atom is 0.165 e. The van der Waals surface area contributed by atoms with Crippen molar-refractivity contribution in [2.75, 3.05) is 0 Å². The van der Waals surface area contributed by atoms with Crippen molar-refractivity contribution < 1.29 is 9.13 Å². The average Bonchev–Trinajstić information content (AvgIpc) is 2.56. The maximum atomic E-state index is 13.2. The second-order valence-electron chi connectivity index (χ2n) is 3.68. The summed E-state index contributed by atoms with van der Waals surface area (Å²) in [6.45, 7) is 0. The van der Waals surface area contributed by atoms with Crippen LogP contribution in [0.2, 0.25) is 0 Å². The molecule has 2 atom stereocenters. The fourth-order valence-electron chi connectivity index (χ4n) is 1.80. The summed E-state index contributed by atoms with van der Waals surface area (Å²) in [4.78, 5) is 0. The smallest absolute Gasteiger partial charge is 0.165 e. The Hall–Kier alpha value is -0.800. The zero-order chi connectivity index (χ0) is 9.97. The summed E-state index contributed by atoms with van der Waals surface area (Å²) in [6, 6.07) is 6.50. The van der Waals surface area contributed by atoms with Gasteiger partial charge in [-0.3, -0.25) is 0 Å². The molecule has 1 fully saturated rings. The second-order valence-corrected chi connectivity index (χ2v) is 3.68. The molecule has 2 nitrogen and oxygen atoms in total. The molecular weight excluding hydrogens is 217 g/mol. The summed E-state index contributed by atoms with van der Waals surface area (Å²) in [5, 5.41) is 0. The third kappa shape index (κ3) is 2.83. The van der Waals surface area contributed by atoms with Crippen molar-refractivity contribution in [3.8, 4) is 5.75 Å². The fraction of sp³-hybridized carbons (Fsp3) is 0.455. The van der Waals surface area contributed by atoms with Crippen LogP contribution in [0, 0.1) is 5.82 Å². The van der Waals surface area contributed by atoms with Gasteiger partial charge < -0.3 is 10.5 Å². The number of benzene rings is 1. The summed E-state index contributed by atoms with van der Waals surface area (Å²) in [6.07, 6.45) is 2.95. The van der Waals surface area contributed by atoms with Gasteiger partial charge in [0.15, 0.2) is 11.6 Å². The van der Waals surface area contributed by atoms with Crippen LogP contribution in [-0.4, -0.2) is 12.1 Å². The van der Waals surface area contributed by atoms with E-state index in [4.69, 9.17) is 10.5 Å². The van der Waals surface area contributed by atoms with Crippen molar-refractivity contribution in [2.24, 2.45) is 5.73 Å². The Balaban J connectivity index is 0.00000112. The Bertz CT molecular complexity index is 321. The quantitative estimate of drug-likeness (QED) is 0.849. The van der Waals surface area contributed by atoms with E-state index in [-0.39, 0.29) is 30.4 Å². The van der Waals surface area contributed by atoms with Crippen LogP contribution in [0.1, 0.15) is 19.3 Å².